The Morgan fingerprint density at radius 3 is 2.88 bits per heavy atom. The topological polar surface area (TPSA) is 56.7 Å². The highest BCUT2D eigenvalue weighted by Gasteiger charge is 2.12. The van der Waals surface area contributed by atoms with Gasteiger partial charge < -0.3 is 5.73 Å². The Morgan fingerprint density at radius 1 is 1.41 bits per heavy atom. The van der Waals surface area contributed by atoms with E-state index in [-0.39, 0.29) is 6.04 Å². The smallest absolute Gasteiger partial charge is 0.0757 e. The van der Waals surface area contributed by atoms with Crippen molar-refractivity contribution in [3.63, 3.8) is 0 Å². The van der Waals surface area contributed by atoms with Gasteiger partial charge in [0.1, 0.15) is 0 Å². The van der Waals surface area contributed by atoms with Gasteiger partial charge in [-0.3, -0.25) is 9.67 Å². The molecule has 0 amide bonds. The zero-order chi connectivity index (χ0) is 12.3. The van der Waals surface area contributed by atoms with Crippen LogP contribution in [0.2, 0.25) is 5.02 Å². The molecule has 17 heavy (non-hydrogen) atoms. The largest absolute Gasteiger partial charge is 0.319 e. The highest BCUT2D eigenvalue weighted by molar-refractivity contribution is 6.30. The van der Waals surface area contributed by atoms with Crippen molar-refractivity contribution in [2.45, 2.75) is 25.9 Å². The summed E-state index contributed by atoms with van der Waals surface area (Å²) in [6.45, 7) is 3.02. The lowest BCUT2D eigenvalue weighted by molar-refractivity contribution is 0.601. The summed E-state index contributed by atoms with van der Waals surface area (Å²) in [5.41, 5.74) is 7.88. The van der Waals surface area contributed by atoms with E-state index in [9.17, 15) is 0 Å². The summed E-state index contributed by atoms with van der Waals surface area (Å²) < 4.78 is 1.89. The predicted octanol–water partition coefficient (Wildman–Crippen LogP) is 2.39. The molecule has 5 heteroatoms. The Kier molecular flexibility index (Phi) is 3.76. The van der Waals surface area contributed by atoms with E-state index in [1.165, 1.54) is 0 Å². The van der Waals surface area contributed by atoms with Crippen LogP contribution in [0.1, 0.15) is 30.6 Å². The third-order valence-corrected chi connectivity index (χ3v) is 2.76. The van der Waals surface area contributed by atoms with E-state index in [4.69, 9.17) is 17.3 Å². The summed E-state index contributed by atoms with van der Waals surface area (Å²) >= 11 is 5.79. The van der Waals surface area contributed by atoms with Crippen molar-refractivity contribution in [3.05, 3.63) is 47.0 Å². The zero-order valence-corrected chi connectivity index (χ0v) is 10.4. The van der Waals surface area contributed by atoms with Crippen LogP contribution < -0.4 is 5.73 Å². The first-order valence-electron chi connectivity index (χ1n) is 5.60. The monoisotopic (exact) mass is 250 g/mol. The lowest BCUT2D eigenvalue weighted by Gasteiger charge is -2.08. The summed E-state index contributed by atoms with van der Waals surface area (Å²) in [5.74, 6) is 0. The maximum Gasteiger partial charge on any atom is 0.0757 e. The van der Waals surface area contributed by atoms with Crippen LogP contribution in [0.25, 0.3) is 0 Å². The minimum atomic E-state index is -0.252. The molecule has 2 N–H and O–H groups in total. The summed E-state index contributed by atoms with van der Waals surface area (Å²) in [7, 11) is 0. The molecule has 0 aromatic carbocycles. The minimum absolute atomic E-state index is 0.252. The molecule has 2 aromatic rings. The second kappa shape index (κ2) is 5.29. The van der Waals surface area contributed by atoms with Gasteiger partial charge in [-0.15, -0.1) is 0 Å². The Balaban J connectivity index is 2.18. The lowest BCUT2D eigenvalue weighted by atomic mass is 10.1. The van der Waals surface area contributed by atoms with Crippen molar-refractivity contribution < 1.29 is 0 Å². The normalized spacial score (nSPS) is 12.6. The number of aryl methyl sites for hydroxylation is 1. The standard InChI is InChI=1S/C12H15ClN4/c1-2-5-17-8-9(6-16-17)12(14)11-4-3-10(13)7-15-11/h3-4,6-8,12H,2,5,14H2,1H3. The fraction of sp³-hybridized carbons (Fsp3) is 0.333. The van der Waals surface area contributed by atoms with Crippen molar-refractivity contribution in [3.8, 4) is 0 Å². The van der Waals surface area contributed by atoms with Crippen LogP contribution in [0.15, 0.2) is 30.7 Å². The molecule has 0 aliphatic rings. The number of pyridine rings is 1. The molecule has 2 heterocycles. The Hall–Kier alpha value is -1.39. The molecule has 90 valence electrons. The molecule has 1 unspecified atom stereocenters. The Bertz CT molecular complexity index is 478. The van der Waals surface area contributed by atoms with Gasteiger partial charge in [0.05, 0.1) is 23.0 Å². The number of rotatable bonds is 4. The average Bonchev–Trinajstić information content (AvgIpc) is 2.78. The lowest BCUT2D eigenvalue weighted by Crippen LogP contribution is -2.12. The summed E-state index contributed by atoms with van der Waals surface area (Å²) in [5, 5.41) is 4.87. The first-order chi connectivity index (χ1) is 8.20. The third kappa shape index (κ3) is 2.84. The molecule has 0 saturated heterocycles. The minimum Gasteiger partial charge on any atom is -0.319 e. The van der Waals surface area contributed by atoms with Gasteiger partial charge in [0.15, 0.2) is 0 Å². The van der Waals surface area contributed by atoms with Crippen LogP contribution in [-0.4, -0.2) is 14.8 Å². The van der Waals surface area contributed by atoms with Crippen LogP contribution in [0.5, 0.6) is 0 Å². The first-order valence-corrected chi connectivity index (χ1v) is 5.98. The molecule has 1 atom stereocenters. The van der Waals surface area contributed by atoms with E-state index in [0.29, 0.717) is 5.02 Å². The van der Waals surface area contributed by atoms with Gasteiger partial charge in [-0.1, -0.05) is 18.5 Å². The van der Waals surface area contributed by atoms with Crippen LogP contribution >= 0.6 is 11.6 Å². The summed E-state index contributed by atoms with van der Waals surface area (Å²) in [4.78, 5) is 4.22. The Morgan fingerprint density at radius 2 is 2.24 bits per heavy atom. The quantitative estimate of drug-likeness (QED) is 0.907. The molecule has 0 aliphatic carbocycles. The molecular weight excluding hydrogens is 236 g/mol. The third-order valence-electron chi connectivity index (χ3n) is 2.53. The van der Waals surface area contributed by atoms with Crippen molar-refractivity contribution in [2.24, 2.45) is 5.73 Å². The van der Waals surface area contributed by atoms with Gasteiger partial charge in [-0.05, 0) is 18.6 Å². The number of hydrogen-bond acceptors (Lipinski definition) is 3. The zero-order valence-electron chi connectivity index (χ0n) is 9.68. The SMILES string of the molecule is CCCn1cc(C(N)c2ccc(Cl)cn2)cn1. The van der Waals surface area contributed by atoms with Gasteiger partial charge in [-0.25, -0.2) is 0 Å². The van der Waals surface area contributed by atoms with E-state index >= 15 is 0 Å². The van der Waals surface area contributed by atoms with Gasteiger partial charge in [0.25, 0.3) is 0 Å². The molecular formula is C12H15ClN4. The van der Waals surface area contributed by atoms with Crippen LogP contribution in [0, 0.1) is 0 Å². The molecule has 0 spiro atoms. The van der Waals surface area contributed by atoms with Crippen LogP contribution in [0.3, 0.4) is 0 Å². The van der Waals surface area contributed by atoms with E-state index in [1.807, 2.05) is 16.9 Å². The molecule has 0 aliphatic heterocycles. The highest BCUT2D eigenvalue weighted by Crippen LogP contribution is 2.18. The van der Waals surface area contributed by atoms with Crippen LogP contribution in [-0.2, 0) is 6.54 Å². The van der Waals surface area contributed by atoms with Crippen molar-refractivity contribution >= 4 is 11.6 Å². The van der Waals surface area contributed by atoms with E-state index in [1.54, 1.807) is 18.5 Å². The number of aromatic nitrogens is 3. The molecule has 2 rings (SSSR count). The number of hydrogen-bond donors (Lipinski definition) is 1. The Labute approximate surface area is 105 Å². The molecule has 0 saturated carbocycles. The predicted molar refractivity (Wildman–Crippen MR) is 67.8 cm³/mol. The van der Waals surface area contributed by atoms with E-state index < -0.39 is 0 Å². The number of nitrogens with two attached hydrogens (primary N) is 1. The van der Waals surface area contributed by atoms with Gasteiger partial charge in [0.2, 0.25) is 0 Å². The van der Waals surface area contributed by atoms with Gasteiger partial charge in [-0.2, -0.15) is 5.10 Å². The molecule has 0 fully saturated rings. The van der Waals surface area contributed by atoms with Crippen molar-refractivity contribution in [2.75, 3.05) is 0 Å². The van der Waals surface area contributed by atoms with Crippen molar-refractivity contribution in [1.82, 2.24) is 14.8 Å². The fourth-order valence-corrected chi connectivity index (χ4v) is 1.75. The molecule has 0 radical (unpaired) electrons. The van der Waals surface area contributed by atoms with Crippen molar-refractivity contribution in [1.29, 1.82) is 0 Å². The number of nitrogens with zero attached hydrogens (tertiary/aromatic N) is 3. The first kappa shape index (κ1) is 12.1. The maximum atomic E-state index is 6.12. The van der Waals surface area contributed by atoms with Gasteiger partial charge in [0, 0.05) is 24.5 Å². The fourth-order valence-electron chi connectivity index (χ4n) is 1.63. The second-order valence-corrected chi connectivity index (χ2v) is 4.35. The second-order valence-electron chi connectivity index (χ2n) is 3.92. The maximum absolute atomic E-state index is 6.12. The summed E-state index contributed by atoms with van der Waals surface area (Å²) in [6, 6.07) is 3.38. The highest BCUT2D eigenvalue weighted by atomic mass is 35.5. The average molecular weight is 251 g/mol. The summed E-state index contributed by atoms with van der Waals surface area (Å²) in [6.07, 6.45) is 6.41. The van der Waals surface area contributed by atoms with Crippen LogP contribution in [0.4, 0.5) is 0 Å². The molecule has 2 aromatic heterocycles. The molecule has 0 bridgehead atoms. The number of halogens is 1. The van der Waals surface area contributed by atoms with E-state index in [0.717, 1.165) is 24.2 Å². The van der Waals surface area contributed by atoms with E-state index in [2.05, 4.69) is 17.0 Å². The molecule has 4 nitrogen and oxygen atoms in total. The van der Waals surface area contributed by atoms with Gasteiger partial charge >= 0.3 is 0 Å².